The van der Waals surface area contributed by atoms with E-state index in [-0.39, 0.29) is 0 Å². The van der Waals surface area contributed by atoms with Gasteiger partial charge in [0.15, 0.2) is 0 Å². The molecule has 1 heteroatoms. The first-order valence-electron chi connectivity index (χ1n) is 7.84. The maximum atomic E-state index is 4.04. The second-order valence-electron chi connectivity index (χ2n) is 5.91. The van der Waals surface area contributed by atoms with Gasteiger partial charge in [0.2, 0.25) is 0 Å². The molecule has 0 saturated heterocycles. The van der Waals surface area contributed by atoms with Crippen molar-refractivity contribution < 1.29 is 0 Å². The summed E-state index contributed by atoms with van der Waals surface area (Å²) in [6.07, 6.45) is 1.92. The fourth-order valence-corrected chi connectivity index (χ4v) is 3.77. The minimum Gasteiger partial charge on any atom is -0.316 e. The van der Waals surface area contributed by atoms with E-state index in [0.717, 1.165) is 0 Å². The highest BCUT2D eigenvalue weighted by Gasteiger charge is 2.12. The van der Waals surface area contributed by atoms with Crippen LogP contribution in [0.2, 0.25) is 0 Å². The molecule has 0 spiro atoms. The molecule has 0 N–H and O–H groups in total. The van der Waals surface area contributed by atoms with E-state index in [4.69, 9.17) is 0 Å². The van der Waals surface area contributed by atoms with Crippen molar-refractivity contribution >= 4 is 49.6 Å². The second-order valence-corrected chi connectivity index (χ2v) is 5.91. The monoisotopic (exact) mass is 293 g/mol. The van der Waals surface area contributed by atoms with Gasteiger partial charge in [0.05, 0.1) is 11.0 Å². The van der Waals surface area contributed by atoms with Crippen LogP contribution in [0.3, 0.4) is 0 Å². The molecular weight excluding hydrogens is 278 g/mol. The zero-order valence-corrected chi connectivity index (χ0v) is 12.7. The average Bonchev–Trinajstić information content (AvgIpc) is 2.95. The number of nitrogens with zero attached hydrogens (tertiary/aromatic N) is 1. The highest BCUT2D eigenvalue weighted by atomic mass is 14.9. The molecule has 0 atom stereocenters. The third kappa shape index (κ3) is 1.56. The standard InChI is InChI=1S/C22H15N/c1-2-23-21-10-6-5-9-18(21)20-14-13-17-16-8-4-3-7-15(16)11-12-19(17)22(20)23/h2-14H,1H2. The van der Waals surface area contributed by atoms with Crippen LogP contribution in [0.5, 0.6) is 0 Å². The fraction of sp³-hybridized carbons (Fsp3) is 0. The molecule has 23 heavy (non-hydrogen) atoms. The first-order valence-corrected chi connectivity index (χ1v) is 7.84. The molecule has 5 aromatic rings. The first-order chi connectivity index (χ1) is 11.4. The van der Waals surface area contributed by atoms with E-state index in [1.165, 1.54) is 43.4 Å². The van der Waals surface area contributed by atoms with Crippen LogP contribution in [0.4, 0.5) is 0 Å². The molecule has 0 aliphatic rings. The lowest BCUT2D eigenvalue weighted by Gasteiger charge is -2.07. The van der Waals surface area contributed by atoms with Gasteiger partial charge in [-0.05, 0) is 22.2 Å². The Bertz CT molecular complexity index is 1220. The topological polar surface area (TPSA) is 4.93 Å². The maximum absolute atomic E-state index is 4.04. The molecular formula is C22H15N. The van der Waals surface area contributed by atoms with Gasteiger partial charge in [-0.1, -0.05) is 73.3 Å². The molecule has 1 aromatic heterocycles. The number of benzene rings is 4. The van der Waals surface area contributed by atoms with Gasteiger partial charge in [0.1, 0.15) is 0 Å². The van der Waals surface area contributed by atoms with E-state index < -0.39 is 0 Å². The van der Waals surface area contributed by atoms with Crippen molar-refractivity contribution in [1.82, 2.24) is 4.57 Å². The van der Waals surface area contributed by atoms with Crippen LogP contribution in [-0.4, -0.2) is 4.57 Å². The zero-order chi connectivity index (χ0) is 15.4. The van der Waals surface area contributed by atoms with Crippen LogP contribution in [-0.2, 0) is 0 Å². The lowest BCUT2D eigenvalue weighted by Crippen LogP contribution is -1.86. The van der Waals surface area contributed by atoms with Gasteiger partial charge in [-0.15, -0.1) is 0 Å². The largest absolute Gasteiger partial charge is 0.316 e. The van der Waals surface area contributed by atoms with Crippen molar-refractivity contribution in [1.29, 1.82) is 0 Å². The molecule has 0 radical (unpaired) electrons. The van der Waals surface area contributed by atoms with Gasteiger partial charge in [0, 0.05) is 22.4 Å². The quantitative estimate of drug-likeness (QED) is 0.324. The van der Waals surface area contributed by atoms with E-state index in [0.29, 0.717) is 0 Å². The third-order valence-electron chi connectivity index (χ3n) is 4.77. The van der Waals surface area contributed by atoms with Gasteiger partial charge in [-0.2, -0.15) is 0 Å². The molecule has 0 fully saturated rings. The Hall–Kier alpha value is -3.06. The summed E-state index contributed by atoms with van der Waals surface area (Å²) < 4.78 is 2.21. The van der Waals surface area contributed by atoms with E-state index in [1.807, 2.05) is 6.20 Å². The van der Waals surface area contributed by atoms with Crippen LogP contribution in [0.1, 0.15) is 0 Å². The molecule has 0 amide bonds. The molecule has 5 rings (SSSR count). The Morgan fingerprint density at radius 2 is 1.26 bits per heavy atom. The number of aromatic nitrogens is 1. The summed E-state index contributed by atoms with van der Waals surface area (Å²) in [6, 6.07) is 26.0. The lowest BCUT2D eigenvalue weighted by atomic mass is 9.99. The molecule has 4 aromatic carbocycles. The Morgan fingerprint density at radius 3 is 2.13 bits per heavy atom. The highest BCUT2D eigenvalue weighted by Crippen LogP contribution is 2.36. The summed E-state index contributed by atoms with van der Waals surface area (Å²) in [5.41, 5.74) is 2.45. The number of fused-ring (bicyclic) bond motifs is 7. The van der Waals surface area contributed by atoms with Crippen LogP contribution in [0.25, 0.3) is 49.6 Å². The second kappa shape index (κ2) is 4.47. The highest BCUT2D eigenvalue weighted by molar-refractivity contribution is 6.22. The van der Waals surface area contributed by atoms with Gasteiger partial charge >= 0.3 is 0 Å². The van der Waals surface area contributed by atoms with E-state index in [1.54, 1.807) is 0 Å². The maximum Gasteiger partial charge on any atom is 0.0613 e. The van der Waals surface area contributed by atoms with Gasteiger partial charge in [-0.3, -0.25) is 0 Å². The summed E-state index contributed by atoms with van der Waals surface area (Å²) in [5, 5.41) is 7.70. The molecule has 0 saturated carbocycles. The summed E-state index contributed by atoms with van der Waals surface area (Å²) in [7, 11) is 0. The minimum atomic E-state index is 1.21. The Morgan fingerprint density at radius 1 is 0.609 bits per heavy atom. The normalized spacial score (nSPS) is 11.7. The van der Waals surface area contributed by atoms with Crippen LogP contribution >= 0.6 is 0 Å². The van der Waals surface area contributed by atoms with Crippen molar-refractivity contribution in [2.75, 3.05) is 0 Å². The fourth-order valence-electron chi connectivity index (χ4n) is 3.77. The minimum absolute atomic E-state index is 1.21. The number of rotatable bonds is 1. The lowest BCUT2D eigenvalue weighted by molar-refractivity contribution is 1.31. The van der Waals surface area contributed by atoms with Crippen molar-refractivity contribution in [3.05, 3.63) is 79.4 Å². The van der Waals surface area contributed by atoms with Crippen LogP contribution in [0, 0.1) is 0 Å². The molecule has 0 unspecified atom stereocenters. The van der Waals surface area contributed by atoms with Crippen LogP contribution < -0.4 is 0 Å². The van der Waals surface area contributed by atoms with Crippen molar-refractivity contribution in [2.24, 2.45) is 0 Å². The molecule has 0 aliphatic heterocycles. The predicted molar refractivity (Wildman–Crippen MR) is 101 cm³/mol. The van der Waals surface area contributed by atoms with Gasteiger partial charge in [0.25, 0.3) is 0 Å². The zero-order valence-electron chi connectivity index (χ0n) is 12.7. The van der Waals surface area contributed by atoms with Crippen molar-refractivity contribution in [3.63, 3.8) is 0 Å². The summed E-state index contributed by atoms with van der Waals surface area (Å²) in [4.78, 5) is 0. The Kier molecular flexibility index (Phi) is 2.42. The van der Waals surface area contributed by atoms with Crippen molar-refractivity contribution in [2.45, 2.75) is 0 Å². The molecule has 1 heterocycles. The number of hydrogen-bond acceptors (Lipinski definition) is 0. The predicted octanol–water partition coefficient (Wildman–Crippen LogP) is 6.20. The first kappa shape index (κ1) is 12.5. The number of para-hydroxylation sites is 1. The van der Waals surface area contributed by atoms with Gasteiger partial charge in [-0.25, -0.2) is 0 Å². The smallest absolute Gasteiger partial charge is 0.0613 e. The van der Waals surface area contributed by atoms with E-state index in [9.17, 15) is 0 Å². The third-order valence-corrected chi connectivity index (χ3v) is 4.77. The summed E-state index contributed by atoms with van der Waals surface area (Å²) in [6.45, 7) is 4.04. The molecule has 108 valence electrons. The molecule has 1 nitrogen and oxygen atoms in total. The molecule has 0 aliphatic carbocycles. The van der Waals surface area contributed by atoms with Gasteiger partial charge < -0.3 is 4.57 Å². The Labute approximate surface area is 134 Å². The van der Waals surface area contributed by atoms with E-state index >= 15 is 0 Å². The van der Waals surface area contributed by atoms with Crippen LogP contribution in [0.15, 0.2) is 79.4 Å². The van der Waals surface area contributed by atoms with Crippen molar-refractivity contribution in [3.8, 4) is 0 Å². The van der Waals surface area contributed by atoms with E-state index in [2.05, 4.69) is 83.9 Å². The number of hydrogen-bond donors (Lipinski definition) is 0. The SMILES string of the molecule is C=Cn1c2ccccc2c2ccc3c4ccccc4ccc3c21. The summed E-state index contributed by atoms with van der Waals surface area (Å²) >= 11 is 0. The summed E-state index contributed by atoms with van der Waals surface area (Å²) in [5.74, 6) is 0. The average molecular weight is 293 g/mol. The molecule has 0 bridgehead atoms. The Balaban J connectivity index is 2.12.